The van der Waals surface area contributed by atoms with E-state index in [1.54, 1.807) is 6.20 Å². The van der Waals surface area contributed by atoms with Gasteiger partial charge in [-0.2, -0.15) is 5.10 Å². The van der Waals surface area contributed by atoms with Gasteiger partial charge >= 0.3 is 0 Å². The number of carbonyl (C=O) groups excluding carboxylic acids is 2. The average molecular weight is 355 g/mol. The lowest BCUT2D eigenvalue weighted by Crippen LogP contribution is -2.16. The summed E-state index contributed by atoms with van der Waals surface area (Å²) in [4.78, 5) is 31.0. The number of halogens is 1. The Morgan fingerprint density at radius 3 is 2.69 bits per heavy atom. The molecule has 3 aromatic rings. The number of nitrogens with zero attached hydrogens (tertiary/aromatic N) is 4. The van der Waals surface area contributed by atoms with E-state index in [9.17, 15) is 14.0 Å². The van der Waals surface area contributed by atoms with Crippen LogP contribution in [0.2, 0.25) is 0 Å². The molecule has 10 heteroatoms. The smallest absolute Gasteiger partial charge is 0.278 e. The largest absolute Gasteiger partial charge is 0.382 e. The van der Waals surface area contributed by atoms with E-state index in [0.717, 1.165) is 6.07 Å². The van der Waals surface area contributed by atoms with Gasteiger partial charge < -0.3 is 16.8 Å². The number of rotatable bonds is 5. The van der Waals surface area contributed by atoms with Crippen molar-refractivity contribution in [2.75, 3.05) is 11.1 Å². The molecular weight excluding hydrogens is 341 g/mol. The summed E-state index contributed by atoms with van der Waals surface area (Å²) in [5.41, 5.74) is 11.7. The fourth-order valence-electron chi connectivity index (χ4n) is 2.30. The first-order valence-electron chi connectivity index (χ1n) is 7.42. The van der Waals surface area contributed by atoms with Gasteiger partial charge in [-0.05, 0) is 23.8 Å². The third-order valence-electron chi connectivity index (χ3n) is 3.42. The van der Waals surface area contributed by atoms with E-state index >= 15 is 0 Å². The molecule has 132 valence electrons. The van der Waals surface area contributed by atoms with Crippen LogP contribution in [-0.2, 0) is 6.54 Å². The summed E-state index contributed by atoms with van der Waals surface area (Å²) in [5, 5.41) is 6.67. The molecule has 5 N–H and O–H groups in total. The molecule has 0 atom stereocenters. The van der Waals surface area contributed by atoms with E-state index in [-0.39, 0.29) is 23.6 Å². The summed E-state index contributed by atoms with van der Waals surface area (Å²) >= 11 is 0. The summed E-state index contributed by atoms with van der Waals surface area (Å²) in [5.74, 6) is -1.82. The summed E-state index contributed by atoms with van der Waals surface area (Å²) < 4.78 is 15.0. The van der Waals surface area contributed by atoms with Crippen molar-refractivity contribution >= 4 is 23.3 Å². The Hall–Kier alpha value is -3.82. The van der Waals surface area contributed by atoms with Crippen molar-refractivity contribution < 1.29 is 14.0 Å². The molecule has 9 nitrogen and oxygen atoms in total. The van der Waals surface area contributed by atoms with Gasteiger partial charge in [0.2, 0.25) is 5.91 Å². The molecule has 1 aromatic carbocycles. The van der Waals surface area contributed by atoms with Crippen LogP contribution in [0.5, 0.6) is 0 Å². The van der Waals surface area contributed by atoms with Gasteiger partial charge in [0.25, 0.3) is 5.91 Å². The molecule has 0 bridgehead atoms. The van der Waals surface area contributed by atoms with Crippen LogP contribution in [0.25, 0.3) is 0 Å². The molecule has 0 saturated carbocycles. The number of benzene rings is 1. The van der Waals surface area contributed by atoms with Crippen molar-refractivity contribution in [3.63, 3.8) is 0 Å². The number of hydrogen-bond donors (Lipinski definition) is 3. The average Bonchev–Trinajstić information content (AvgIpc) is 3.01. The Balaban J connectivity index is 1.73. The number of nitrogens with one attached hydrogen (secondary N) is 1. The van der Waals surface area contributed by atoms with Gasteiger partial charge in [-0.25, -0.2) is 14.4 Å². The highest BCUT2D eigenvalue weighted by atomic mass is 19.1. The second-order valence-corrected chi connectivity index (χ2v) is 5.38. The predicted octanol–water partition coefficient (Wildman–Crippen LogP) is 0.794. The third kappa shape index (κ3) is 3.80. The summed E-state index contributed by atoms with van der Waals surface area (Å²) in [6.45, 7) is 0.182. The topological polar surface area (TPSA) is 142 Å². The number of amides is 2. The van der Waals surface area contributed by atoms with E-state index in [1.807, 2.05) is 0 Å². The Labute approximate surface area is 146 Å². The third-order valence-corrected chi connectivity index (χ3v) is 3.42. The fourth-order valence-corrected chi connectivity index (χ4v) is 2.30. The summed E-state index contributed by atoms with van der Waals surface area (Å²) in [7, 11) is 0. The molecule has 0 aliphatic heterocycles. The molecule has 0 aliphatic carbocycles. The second-order valence-electron chi connectivity index (χ2n) is 5.38. The van der Waals surface area contributed by atoms with Gasteiger partial charge in [-0.1, -0.05) is 0 Å². The highest BCUT2D eigenvalue weighted by Crippen LogP contribution is 2.13. The molecule has 0 saturated heterocycles. The van der Waals surface area contributed by atoms with Crippen molar-refractivity contribution in [2.24, 2.45) is 5.73 Å². The van der Waals surface area contributed by atoms with Crippen LogP contribution in [0.3, 0.4) is 0 Å². The standard InChI is InChI=1S/C16H14FN7O2/c17-11-4-9(3-10(5-11)15(19)25)7-24-8-12(6-22-24)23-16(26)13-14(18)21-2-1-20-13/h1-6,8H,7H2,(H2,18,21)(H2,19,25)(H,23,26). The molecule has 2 heterocycles. The maximum atomic E-state index is 13.6. The molecule has 0 radical (unpaired) electrons. The van der Waals surface area contributed by atoms with Gasteiger partial charge in [0.1, 0.15) is 5.82 Å². The molecule has 2 amide bonds. The molecule has 0 fully saturated rings. The Kier molecular flexibility index (Phi) is 4.56. The van der Waals surface area contributed by atoms with Gasteiger partial charge in [0.05, 0.1) is 18.4 Å². The summed E-state index contributed by atoms with van der Waals surface area (Å²) in [6.07, 6.45) is 5.69. The Morgan fingerprint density at radius 2 is 1.96 bits per heavy atom. The van der Waals surface area contributed by atoms with E-state index in [1.165, 1.54) is 35.4 Å². The maximum absolute atomic E-state index is 13.6. The Bertz CT molecular complexity index is 986. The molecule has 0 spiro atoms. The van der Waals surface area contributed by atoms with Crippen molar-refractivity contribution in [1.82, 2.24) is 19.7 Å². The monoisotopic (exact) mass is 355 g/mol. The molecule has 2 aromatic heterocycles. The van der Waals surface area contributed by atoms with Crippen molar-refractivity contribution in [3.8, 4) is 0 Å². The minimum Gasteiger partial charge on any atom is -0.382 e. The number of hydrogen-bond acceptors (Lipinski definition) is 6. The lowest BCUT2D eigenvalue weighted by molar-refractivity contribution is 0.0996. The van der Waals surface area contributed by atoms with Crippen molar-refractivity contribution in [1.29, 1.82) is 0 Å². The zero-order chi connectivity index (χ0) is 18.7. The van der Waals surface area contributed by atoms with Crippen LogP contribution < -0.4 is 16.8 Å². The SMILES string of the molecule is NC(=O)c1cc(F)cc(Cn2cc(NC(=O)c3nccnc3N)cn2)c1. The molecule has 26 heavy (non-hydrogen) atoms. The maximum Gasteiger partial charge on any atom is 0.278 e. The highest BCUT2D eigenvalue weighted by Gasteiger charge is 2.13. The van der Waals surface area contributed by atoms with Crippen LogP contribution in [0.4, 0.5) is 15.9 Å². The molecular formula is C16H14FN7O2. The molecule has 3 rings (SSSR count). The summed E-state index contributed by atoms with van der Waals surface area (Å²) in [6, 6.07) is 3.81. The van der Waals surface area contributed by atoms with Crippen molar-refractivity contribution in [3.05, 3.63) is 65.6 Å². The van der Waals surface area contributed by atoms with E-state index in [2.05, 4.69) is 20.4 Å². The fraction of sp³-hybridized carbons (Fsp3) is 0.0625. The first kappa shape index (κ1) is 17.0. The number of nitrogens with two attached hydrogens (primary N) is 2. The van der Waals surface area contributed by atoms with Gasteiger partial charge in [0.15, 0.2) is 11.5 Å². The van der Waals surface area contributed by atoms with Gasteiger partial charge in [0, 0.05) is 24.2 Å². The quantitative estimate of drug-likeness (QED) is 0.618. The van der Waals surface area contributed by atoms with Crippen LogP contribution in [0.1, 0.15) is 26.4 Å². The van der Waals surface area contributed by atoms with E-state index in [4.69, 9.17) is 11.5 Å². The lowest BCUT2D eigenvalue weighted by atomic mass is 10.1. The normalized spacial score (nSPS) is 10.5. The molecule has 0 unspecified atom stereocenters. The van der Waals surface area contributed by atoms with Crippen LogP contribution >= 0.6 is 0 Å². The second kappa shape index (κ2) is 6.97. The Morgan fingerprint density at radius 1 is 1.19 bits per heavy atom. The van der Waals surface area contributed by atoms with Crippen LogP contribution in [0.15, 0.2) is 43.0 Å². The number of aromatic nitrogens is 4. The van der Waals surface area contributed by atoms with Gasteiger partial charge in [-0.3, -0.25) is 14.3 Å². The number of carbonyl (C=O) groups is 2. The number of primary amides is 1. The van der Waals surface area contributed by atoms with Crippen LogP contribution in [-0.4, -0.2) is 31.6 Å². The van der Waals surface area contributed by atoms with Crippen molar-refractivity contribution in [2.45, 2.75) is 6.54 Å². The highest BCUT2D eigenvalue weighted by molar-refractivity contribution is 6.05. The van der Waals surface area contributed by atoms with E-state index < -0.39 is 17.6 Å². The van der Waals surface area contributed by atoms with E-state index in [0.29, 0.717) is 11.3 Å². The predicted molar refractivity (Wildman–Crippen MR) is 90.6 cm³/mol. The molecule has 0 aliphatic rings. The number of anilines is 2. The van der Waals surface area contributed by atoms with Crippen LogP contribution in [0, 0.1) is 5.82 Å². The zero-order valence-electron chi connectivity index (χ0n) is 13.4. The minimum absolute atomic E-state index is 0.00326. The number of nitrogen functional groups attached to an aromatic ring is 1. The lowest BCUT2D eigenvalue weighted by Gasteiger charge is -2.05. The zero-order valence-corrected chi connectivity index (χ0v) is 13.4. The van der Waals surface area contributed by atoms with Gasteiger partial charge in [-0.15, -0.1) is 0 Å². The minimum atomic E-state index is -0.722. The first-order chi connectivity index (χ1) is 12.4. The first-order valence-corrected chi connectivity index (χ1v) is 7.42.